The van der Waals surface area contributed by atoms with Gasteiger partial charge in [0, 0.05) is 13.1 Å². The van der Waals surface area contributed by atoms with Gasteiger partial charge in [-0.2, -0.15) is 0 Å². The van der Waals surface area contributed by atoms with Crippen molar-refractivity contribution in [2.45, 2.75) is 45.1 Å². The SMILES string of the molecule is COC(=O)[C@H]1CCCCN1CC(=O)N1CCCC(C)C1. The average molecular weight is 282 g/mol. The van der Waals surface area contributed by atoms with Crippen LogP contribution in [0.3, 0.4) is 0 Å². The Morgan fingerprint density at radius 3 is 2.65 bits per heavy atom. The first-order valence-electron chi connectivity index (χ1n) is 7.71. The first-order valence-corrected chi connectivity index (χ1v) is 7.71. The van der Waals surface area contributed by atoms with Crippen LogP contribution in [0, 0.1) is 5.92 Å². The molecule has 0 N–H and O–H groups in total. The number of rotatable bonds is 3. The van der Waals surface area contributed by atoms with E-state index in [2.05, 4.69) is 6.92 Å². The third-order valence-corrected chi connectivity index (χ3v) is 4.43. The number of esters is 1. The highest BCUT2D eigenvalue weighted by atomic mass is 16.5. The minimum atomic E-state index is -0.236. The van der Waals surface area contributed by atoms with E-state index in [4.69, 9.17) is 4.74 Å². The summed E-state index contributed by atoms with van der Waals surface area (Å²) in [5.41, 5.74) is 0. The lowest BCUT2D eigenvalue weighted by Crippen LogP contribution is -2.51. The quantitative estimate of drug-likeness (QED) is 0.732. The lowest BCUT2D eigenvalue weighted by atomic mass is 9.99. The highest BCUT2D eigenvalue weighted by Crippen LogP contribution is 2.20. The summed E-state index contributed by atoms with van der Waals surface area (Å²) in [6.07, 6.45) is 5.18. The van der Waals surface area contributed by atoms with Gasteiger partial charge < -0.3 is 9.64 Å². The molecule has 0 aromatic heterocycles. The molecule has 0 aliphatic carbocycles. The number of hydrogen-bond acceptors (Lipinski definition) is 4. The van der Waals surface area contributed by atoms with E-state index in [9.17, 15) is 9.59 Å². The van der Waals surface area contributed by atoms with Gasteiger partial charge in [0.05, 0.1) is 13.7 Å². The van der Waals surface area contributed by atoms with Gasteiger partial charge >= 0.3 is 5.97 Å². The molecule has 114 valence electrons. The van der Waals surface area contributed by atoms with Crippen LogP contribution in [0.15, 0.2) is 0 Å². The van der Waals surface area contributed by atoms with Crippen molar-refractivity contribution >= 4 is 11.9 Å². The summed E-state index contributed by atoms with van der Waals surface area (Å²) in [6, 6.07) is -0.236. The smallest absolute Gasteiger partial charge is 0.323 e. The molecule has 2 saturated heterocycles. The van der Waals surface area contributed by atoms with E-state index in [0.717, 1.165) is 45.3 Å². The van der Waals surface area contributed by atoms with Gasteiger partial charge in [0.15, 0.2) is 0 Å². The van der Waals surface area contributed by atoms with Crippen LogP contribution in [-0.4, -0.2) is 61.0 Å². The van der Waals surface area contributed by atoms with Crippen LogP contribution >= 0.6 is 0 Å². The Balaban J connectivity index is 1.92. The Labute approximate surface area is 121 Å². The van der Waals surface area contributed by atoms with Crippen molar-refractivity contribution in [1.29, 1.82) is 0 Å². The summed E-state index contributed by atoms with van der Waals surface area (Å²) in [5.74, 6) is 0.544. The minimum Gasteiger partial charge on any atom is -0.468 e. The zero-order valence-corrected chi connectivity index (χ0v) is 12.6. The molecular weight excluding hydrogens is 256 g/mol. The predicted octanol–water partition coefficient (Wildman–Crippen LogP) is 1.27. The number of ether oxygens (including phenoxy) is 1. The standard InChI is InChI=1S/C15H26N2O3/c1-12-6-5-9-17(10-12)14(18)11-16-8-4-3-7-13(16)15(19)20-2/h12-13H,3-11H2,1-2H3/t12?,13-/m1/s1. The van der Waals surface area contributed by atoms with E-state index in [1.807, 2.05) is 9.80 Å². The van der Waals surface area contributed by atoms with Crippen molar-refractivity contribution in [1.82, 2.24) is 9.80 Å². The van der Waals surface area contributed by atoms with E-state index in [0.29, 0.717) is 12.5 Å². The van der Waals surface area contributed by atoms with Crippen LogP contribution in [0.4, 0.5) is 0 Å². The molecule has 2 heterocycles. The fourth-order valence-corrected chi connectivity index (χ4v) is 3.27. The molecule has 2 rings (SSSR count). The molecule has 1 unspecified atom stereocenters. The highest BCUT2D eigenvalue weighted by molar-refractivity contribution is 5.80. The van der Waals surface area contributed by atoms with Gasteiger partial charge in [0.25, 0.3) is 0 Å². The molecule has 2 aliphatic heterocycles. The summed E-state index contributed by atoms with van der Waals surface area (Å²) in [7, 11) is 1.42. The molecule has 0 radical (unpaired) electrons. The van der Waals surface area contributed by atoms with Crippen molar-refractivity contribution in [3.05, 3.63) is 0 Å². The Morgan fingerprint density at radius 2 is 1.95 bits per heavy atom. The first-order chi connectivity index (χ1) is 9.61. The molecule has 1 amide bonds. The lowest BCUT2D eigenvalue weighted by Gasteiger charge is -2.36. The van der Waals surface area contributed by atoms with Crippen molar-refractivity contribution in [2.24, 2.45) is 5.92 Å². The van der Waals surface area contributed by atoms with Gasteiger partial charge in [-0.3, -0.25) is 14.5 Å². The second-order valence-electron chi connectivity index (χ2n) is 6.09. The van der Waals surface area contributed by atoms with Crippen molar-refractivity contribution in [3.8, 4) is 0 Å². The number of piperidine rings is 2. The normalized spacial score (nSPS) is 28.2. The molecule has 0 aromatic rings. The molecule has 0 saturated carbocycles. The van der Waals surface area contributed by atoms with Crippen molar-refractivity contribution in [2.75, 3.05) is 33.3 Å². The molecular formula is C15H26N2O3. The predicted molar refractivity (Wildman–Crippen MR) is 76.2 cm³/mol. The number of hydrogen-bond donors (Lipinski definition) is 0. The van der Waals surface area contributed by atoms with Gasteiger partial charge in [0.2, 0.25) is 5.91 Å². The highest BCUT2D eigenvalue weighted by Gasteiger charge is 2.32. The van der Waals surface area contributed by atoms with Gasteiger partial charge in [-0.05, 0) is 38.1 Å². The van der Waals surface area contributed by atoms with Crippen LogP contribution in [0.5, 0.6) is 0 Å². The third-order valence-electron chi connectivity index (χ3n) is 4.43. The van der Waals surface area contributed by atoms with Crippen LogP contribution in [0.25, 0.3) is 0 Å². The maximum atomic E-state index is 12.4. The fourth-order valence-electron chi connectivity index (χ4n) is 3.27. The Bertz CT molecular complexity index is 359. The molecule has 2 atom stereocenters. The number of nitrogens with zero attached hydrogens (tertiary/aromatic N) is 2. The largest absolute Gasteiger partial charge is 0.468 e. The molecule has 0 aromatic carbocycles. The Morgan fingerprint density at radius 1 is 1.15 bits per heavy atom. The molecule has 20 heavy (non-hydrogen) atoms. The summed E-state index contributed by atoms with van der Waals surface area (Å²) >= 11 is 0. The molecule has 2 fully saturated rings. The van der Waals surface area contributed by atoms with Gasteiger partial charge in [-0.15, -0.1) is 0 Å². The van der Waals surface area contributed by atoms with Gasteiger partial charge in [0.1, 0.15) is 6.04 Å². The summed E-state index contributed by atoms with van der Waals surface area (Å²) in [5, 5.41) is 0. The maximum Gasteiger partial charge on any atom is 0.323 e. The van der Waals surface area contributed by atoms with E-state index >= 15 is 0 Å². The zero-order chi connectivity index (χ0) is 14.5. The second kappa shape index (κ2) is 7.07. The molecule has 0 bridgehead atoms. The van der Waals surface area contributed by atoms with E-state index in [1.54, 1.807) is 0 Å². The molecule has 5 nitrogen and oxygen atoms in total. The van der Waals surface area contributed by atoms with Gasteiger partial charge in [-0.1, -0.05) is 13.3 Å². The number of amides is 1. The number of carbonyl (C=O) groups excluding carboxylic acids is 2. The number of likely N-dealkylation sites (tertiary alicyclic amines) is 2. The van der Waals surface area contributed by atoms with Crippen LogP contribution in [-0.2, 0) is 14.3 Å². The first kappa shape index (κ1) is 15.3. The maximum absolute atomic E-state index is 12.4. The van der Waals surface area contributed by atoms with Crippen LogP contribution in [0.2, 0.25) is 0 Å². The third kappa shape index (κ3) is 3.72. The molecule has 0 spiro atoms. The fraction of sp³-hybridized carbons (Fsp3) is 0.867. The van der Waals surface area contributed by atoms with E-state index < -0.39 is 0 Å². The van der Waals surface area contributed by atoms with Crippen molar-refractivity contribution in [3.63, 3.8) is 0 Å². The molecule has 2 aliphatic rings. The van der Waals surface area contributed by atoms with Crippen LogP contribution in [0.1, 0.15) is 39.0 Å². The minimum absolute atomic E-state index is 0.160. The topological polar surface area (TPSA) is 49.9 Å². The lowest BCUT2D eigenvalue weighted by molar-refractivity contribution is -0.149. The monoisotopic (exact) mass is 282 g/mol. The van der Waals surface area contributed by atoms with Crippen molar-refractivity contribution < 1.29 is 14.3 Å². The summed E-state index contributed by atoms with van der Waals surface area (Å²) < 4.78 is 4.86. The van der Waals surface area contributed by atoms with Gasteiger partial charge in [-0.25, -0.2) is 0 Å². The summed E-state index contributed by atoms with van der Waals surface area (Å²) in [6.45, 7) is 5.08. The summed E-state index contributed by atoms with van der Waals surface area (Å²) in [4.78, 5) is 28.2. The van der Waals surface area contributed by atoms with E-state index in [1.165, 1.54) is 13.5 Å². The second-order valence-corrected chi connectivity index (χ2v) is 6.09. The molecule has 5 heteroatoms. The Kier molecular flexibility index (Phi) is 5.40. The zero-order valence-electron chi connectivity index (χ0n) is 12.6. The van der Waals surface area contributed by atoms with Crippen LogP contribution < -0.4 is 0 Å². The number of carbonyl (C=O) groups is 2. The average Bonchev–Trinajstić information content (AvgIpc) is 2.47. The van der Waals surface area contributed by atoms with E-state index in [-0.39, 0.29) is 17.9 Å². The number of methoxy groups -OCH3 is 1. The Hall–Kier alpha value is -1.10.